The van der Waals surface area contributed by atoms with E-state index in [4.69, 9.17) is 11.6 Å². The summed E-state index contributed by atoms with van der Waals surface area (Å²) in [5.41, 5.74) is 0.766. The molecule has 20 heavy (non-hydrogen) atoms. The monoisotopic (exact) mass is 310 g/mol. The summed E-state index contributed by atoms with van der Waals surface area (Å²) in [6.45, 7) is 0. The molecule has 1 atom stereocenters. The van der Waals surface area contributed by atoms with Gasteiger partial charge in [0.2, 0.25) is 5.91 Å². The molecule has 1 amide bonds. The molecule has 1 aromatic rings. The van der Waals surface area contributed by atoms with E-state index in [0.29, 0.717) is 5.02 Å². The minimum atomic E-state index is -1.28. The molecule has 2 rings (SSSR count). The van der Waals surface area contributed by atoms with Crippen molar-refractivity contribution < 1.29 is 14.7 Å². The van der Waals surface area contributed by atoms with Gasteiger partial charge in [-0.05, 0) is 17.7 Å². The molecule has 0 radical (unpaired) electrons. The minimum Gasteiger partial charge on any atom is -0.550 e. The maximum Gasteiger partial charge on any atom is 0.239 e. The van der Waals surface area contributed by atoms with Crippen molar-refractivity contribution in [2.24, 2.45) is 10.2 Å². The molecule has 0 bridgehead atoms. The first-order chi connectivity index (χ1) is 9.54. The Bertz CT molecular complexity index is 603. The normalized spacial score (nSPS) is 20.6. The van der Waals surface area contributed by atoms with Crippen LogP contribution in [-0.4, -0.2) is 28.5 Å². The lowest BCUT2D eigenvalue weighted by Gasteiger charge is -2.04. The molecular formula is C12H9ClN3O3S-. The van der Waals surface area contributed by atoms with Gasteiger partial charge in [-0.25, -0.2) is 0 Å². The number of aliphatic carboxylic acids is 1. The van der Waals surface area contributed by atoms with E-state index < -0.39 is 17.1 Å². The van der Waals surface area contributed by atoms with Crippen molar-refractivity contribution in [2.75, 3.05) is 0 Å². The van der Waals surface area contributed by atoms with Gasteiger partial charge in [0, 0.05) is 17.4 Å². The number of carbonyl (C=O) groups is 2. The predicted molar refractivity (Wildman–Crippen MR) is 75.6 cm³/mol. The Kier molecular flexibility index (Phi) is 4.75. The van der Waals surface area contributed by atoms with E-state index in [9.17, 15) is 14.7 Å². The molecule has 104 valence electrons. The lowest BCUT2D eigenvalue weighted by Crippen LogP contribution is -2.31. The second-order valence-corrected chi connectivity index (χ2v) is 5.50. The zero-order valence-corrected chi connectivity index (χ0v) is 11.6. The van der Waals surface area contributed by atoms with Crippen LogP contribution in [0.4, 0.5) is 0 Å². The predicted octanol–water partition coefficient (Wildman–Crippen LogP) is 0.401. The zero-order valence-electron chi connectivity index (χ0n) is 10.1. The van der Waals surface area contributed by atoms with Crippen LogP contribution in [-0.2, 0) is 9.59 Å². The fraction of sp³-hybridized carbons (Fsp3) is 0.167. The SMILES string of the molecule is O=C([O-])C[C@@H]1S/C(=N/N=C\c2cccc(Cl)c2)NC1=O. The molecule has 0 aliphatic carbocycles. The number of nitrogens with zero attached hydrogens (tertiary/aromatic N) is 2. The zero-order chi connectivity index (χ0) is 14.5. The molecule has 0 unspecified atom stereocenters. The third kappa shape index (κ3) is 4.07. The van der Waals surface area contributed by atoms with Crippen molar-refractivity contribution in [1.29, 1.82) is 0 Å². The first kappa shape index (κ1) is 14.5. The van der Waals surface area contributed by atoms with E-state index in [2.05, 4.69) is 15.5 Å². The Balaban J connectivity index is 1.99. The number of rotatable bonds is 4. The summed E-state index contributed by atoms with van der Waals surface area (Å²) in [4.78, 5) is 21.9. The van der Waals surface area contributed by atoms with E-state index in [1.165, 1.54) is 6.21 Å². The third-order valence-electron chi connectivity index (χ3n) is 2.33. The Morgan fingerprint density at radius 3 is 3.05 bits per heavy atom. The number of amides is 1. The largest absolute Gasteiger partial charge is 0.550 e. The van der Waals surface area contributed by atoms with E-state index in [0.717, 1.165) is 17.3 Å². The maximum absolute atomic E-state index is 11.4. The highest BCUT2D eigenvalue weighted by molar-refractivity contribution is 8.15. The average Bonchev–Trinajstić information content (AvgIpc) is 2.69. The van der Waals surface area contributed by atoms with Crippen molar-refractivity contribution in [3.05, 3.63) is 34.9 Å². The number of hydrogen-bond acceptors (Lipinski definition) is 6. The van der Waals surface area contributed by atoms with Gasteiger partial charge in [-0.1, -0.05) is 35.5 Å². The van der Waals surface area contributed by atoms with Crippen LogP contribution < -0.4 is 10.4 Å². The van der Waals surface area contributed by atoms with Crippen molar-refractivity contribution in [3.63, 3.8) is 0 Å². The molecule has 0 saturated carbocycles. The summed E-state index contributed by atoms with van der Waals surface area (Å²) in [7, 11) is 0. The van der Waals surface area contributed by atoms with Gasteiger partial charge in [-0.3, -0.25) is 4.79 Å². The van der Waals surface area contributed by atoms with E-state index >= 15 is 0 Å². The van der Waals surface area contributed by atoms with Gasteiger partial charge in [0.05, 0.1) is 11.5 Å². The first-order valence-corrected chi connectivity index (χ1v) is 6.84. The number of halogens is 1. The first-order valence-electron chi connectivity index (χ1n) is 5.58. The van der Waals surface area contributed by atoms with E-state index in [1.54, 1.807) is 24.3 Å². The maximum atomic E-state index is 11.4. The smallest absolute Gasteiger partial charge is 0.239 e. The molecule has 0 aromatic heterocycles. The van der Waals surface area contributed by atoms with Crippen molar-refractivity contribution in [1.82, 2.24) is 5.32 Å². The van der Waals surface area contributed by atoms with Gasteiger partial charge in [0.1, 0.15) is 0 Å². The Labute approximate surface area is 123 Å². The summed E-state index contributed by atoms with van der Waals surface area (Å²) in [5.74, 6) is -1.68. The lowest BCUT2D eigenvalue weighted by atomic mass is 10.2. The molecule has 1 fully saturated rings. The summed E-state index contributed by atoms with van der Waals surface area (Å²) >= 11 is 6.83. The van der Waals surface area contributed by atoms with Crippen LogP contribution in [0, 0.1) is 0 Å². The molecule has 1 aromatic carbocycles. The van der Waals surface area contributed by atoms with Crippen LogP contribution >= 0.6 is 23.4 Å². The number of amidine groups is 1. The van der Waals surface area contributed by atoms with Gasteiger partial charge in [-0.15, -0.1) is 5.10 Å². The quantitative estimate of drug-likeness (QED) is 0.643. The minimum absolute atomic E-state index is 0.263. The van der Waals surface area contributed by atoms with Crippen molar-refractivity contribution in [2.45, 2.75) is 11.7 Å². The Morgan fingerprint density at radius 1 is 1.55 bits per heavy atom. The lowest BCUT2D eigenvalue weighted by molar-refractivity contribution is -0.305. The highest BCUT2D eigenvalue weighted by Gasteiger charge is 2.30. The van der Waals surface area contributed by atoms with Crippen LogP contribution in [0.3, 0.4) is 0 Å². The molecule has 1 aliphatic heterocycles. The summed E-state index contributed by atoms with van der Waals surface area (Å²) in [5, 5.41) is 20.7. The molecule has 1 saturated heterocycles. The van der Waals surface area contributed by atoms with Crippen LogP contribution in [0.25, 0.3) is 0 Å². The molecule has 1 heterocycles. The van der Waals surface area contributed by atoms with Crippen molar-refractivity contribution in [3.8, 4) is 0 Å². The summed E-state index contributed by atoms with van der Waals surface area (Å²) in [6, 6.07) is 7.03. The van der Waals surface area contributed by atoms with Gasteiger partial charge < -0.3 is 15.2 Å². The molecule has 6 nitrogen and oxygen atoms in total. The number of benzene rings is 1. The van der Waals surface area contributed by atoms with Gasteiger partial charge in [0.25, 0.3) is 0 Å². The molecule has 8 heteroatoms. The average molecular weight is 311 g/mol. The van der Waals surface area contributed by atoms with Gasteiger partial charge in [-0.2, -0.15) is 5.10 Å². The summed E-state index contributed by atoms with van der Waals surface area (Å²) in [6.07, 6.45) is 1.13. The Hall–Kier alpha value is -1.86. The van der Waals surface area contributed by atoms with E-state index in [1.807, 2.05) is 0 Å². The molecular weight excluding hydrogens is 302 g/mol. The van der Waals surface area contributed by atoms with Crippen LogP contribution in [0.15, 0.2) is 34.5 Å². The fourth-order valence-electron chi connectivity index (χ4n) is 1.47. The number of carboxylic acids is 1. The van der Waals surface area contributed by atoms with Crippen LogP contribution in [0.1, 0.15) is 12.0 Å². The van der Waals surface area contributed by atoms with Gasteiger partial charge in [0.15, 0.2) is 5.17 Å². The molecule has 1 aliphatic rings. The third-order valence-corrected chi connectivity index (χ3v) is 3.64. The fourth-order valence-corrected chi connectivity index (χ4v) is 2.58. The standard InChI is InChI=1S/C12H10ClN3O3S/c13-8-3-1-2-7(4-8)6-14-16-12-15-11(19)9(20-12)5-10(17)18/h1-4,6,9H,5H2,(H,17,18)(H,15,16,19)/p-1/b14-6-/t9-/m0/s1. The van der Waals surface area contributed by atoms with Gasteiger partial charge >= 0.3 is 0 Å². The number of thioether (sulfide) groups is 1. The van der Waals surface area contributed by atoms with Crippen molar-refractivity contribution >= 4 is 46.6 Å². The Morgan fingerprint density at radius 2 is 2.35 bits per heavy atom. The second kappa shape index (κ2) is 6.53. The highest BCUT2D eigenvalue weighted by atomic mass is 35.5. The number of carbonyl (C=O) groups excluding carboxylic acids is 2. The number of hydrogen-bond donors (Lipinski definition) is 1. The molecule has 1 N–H and O–H groups in total. The second-order valence-electron chi connectivity index (χ2n) is 3.88. The number of nitrogens with one attached hydrogen (secondary N) is 1. The molecule has 0 spiro atoms. The van der Waals surface area contributed by atoms with Crippen LogP contribution in [0.2, 0.25) is 5.02 Å². The number of carboxylic acid groups (broad SMARTS) is 1. The highest BCUT2D eigenvalue weighted by Crippen LogP contribution is 2.21. The van der Waals surface area contributed by atoms with E-state index in [-0.39, 0.29) is 11.6 Å². The topological polar surface area (TPSA) is 93.9 Å². The van der Waals surface area contributed by atoms with Crippen LogP contribution in [0.5, 0.6) is 0 Å². The summed E-state index contributed by atoms with van der Waals surface area (Å²) < 4.78 is 0.